The fourth-order valence-electron chi connectivity index (χ4n) is 2.01. The molecule has 0 bridgehead atoms. The summed E-state index contributed by atoms with van der Waals surface area (Å²) in [5, 5.41) is 0. The summed E-state index contributed by atoms with van der Waals surface area (Å²) in [6.45, 7) is 14.4. The summed E-state index contributed by atoms with van der Waals surface area (Å²) in [5.41, 5.74) is 5.79. The minimum absolute atomic E-state index is 0.904. The maximum absolute atomic E-state index is 5.48. The predicted molar refractivity (Wildman–Crippen MR) is 76.4 cm³/mol. The molecule has 0 atom stereocenters. The van der Waals surface area contributed by atoms with Gasteiger partial charge < -0.3 is 4.74 Å². The van der Waals surface area contributed by atoms with Gasteiger partial charge in [-0.15, -0.1) is 0 Å². The van der Waals surface area contributed by atoms with Crippen molar-refractivity contribution in [3.63, 3.8) is 0 Å². The molecule has 0 radical (unpaired) electrons. The normalized spacial score (nSPS) is 10.1. The largest absolute Gasteiger partial charge is 0.496 e. The number of rotatable bonds is 5. The van der Waals surface area contributed by atoms with E-state index in [4.69, 9.17) is 4.74 Å². The highest BCUT2D eigenvalue weighted by molar-refractivity contribution is 5.75. The van der Waals surface area contributed by atoms with E-state index < -0.39 is 0 Å². The molecule has 1 nitrogen and oxygen atoms in total. The standard InChI is InChI=1S/C16H22O/c1-7-12(5)14-9-13(8-2)16(11(3)4)15(10-14)17-6/h9-10H,3,5,7-8H2,1-2,4,6H3. The van der Waals surface area contributed by atoms with E-state index in [-0.39, 0.29) is 0 Å². The maximum Gasteiger partial charge on any atom is 0.127 e. The van der Waals surface area contributed by atoms with Crippen LogP contribution in [0.5, 0.6) is 5.75 Å². The lowest BCUT2D eigenvalue weighted by molar-refractivity contribution is 0.413. The minimum Gasteiger partial charge on any atom is -0.496 e. The van der Waals surface area contributed by atoms with Crippen LogP contribution < -0.4 is 4.74 Å². The van der Waals surface area contributed by atoms with Gasteiger partial charge in [0.1, 0.15) is 5.75 Å². The van der Waals surface area contributed by atoms with E-state index >= 15 is 0 Å². The lowest BCUT2D eigenvalue weighted by Crippen LogP contribution is -1.98. The molecule has 0 aliphatic carbocycles. The molecule has 0 saturated carbocycles. The zero-order valence-electron chi connectivity index (χ0n) is 11.4. The third kappa shape index (κ3) is 2.79. The van der Waals surface area contributed by atoms with Gasteiger partial charge in [-0.1, -0.05) is 33.1 Å². The number of hydrogen-bond acceptors (Lipinski definition) is 1. The molecule has 1 heteroatoms. The Labute approximate surface area is 105 Å². The summed E-state index contributed by atoms with van der Waals surface area (Å²) < 4.78 is 5.48. The Morgan fingerprint density at radius 1 is 1.24 bits per heavy atom. The summed E-state index contributed by atoms with van der Waals surface area (Å²) in [6, 6.07) is 4.27. The smallest absolute Gasteiger partial charge is 0.127 e. The second kappa shape index (κ2) is 5.72. The molecular formula is C16H22O. The van der Waals surface area contributed by atoms with Gasteiger partial charge in [0.05, 0.1) is 7.11 Å². The predicted octanol–water partition coefficient (Wildman–Crippen LogP) is 4.71. The van der Waals surface area contributed by atoms with Crippen LogP contribution in [0.2, 0.25) is 0 Å². The summed E-state index contributed by atoms with van der Waals surface area (Å²) in [7, 11) is 1.71. The Hall–Kier alpha value is -1.50. The maximum atomic E-state index is 5.48. The van der Waals surface area contributed by atoms with Crippen LogP contribution in [0.15, 0.2) is 25.3 Å². The third-order valence-electron chi connectivity index (χ3n) is 3.05. The molecule has 92 valence electrons. The minimum atomic E-state index is 0.904. The molecule has 0 aliphatic rings. The number of allylic oxidation sites excluding steroid dienone is 2. The highest BCUT2D eigenvalue weighted by atomic mass is 16.5. The highest BCUT2D eigenvalue weighted by Gasteiger charge is 2.12. The topological polar surface area (TPSA) is 9.23 Å². The van der Waals surface area contributed by atoms with Gasteiger partial charge in [-0.05, 0) is 48.1 Å². The fourth-order valence-corrected chi connectivity index (χ4v) is 2.01. The van der Waals surface area contributed by atoms with E-state index in [0.29, 0.717) is 0 Å². The van der Waals surface area contributed by atoms with Crippen molar-refractivity contribution < 1.29 is 4.74 Å². The number of benzene rings is 1. The Balaban J connectivity index is 3.44. The van der Waals surface area contributed by atoms with Gasteiger partial charge in [0.25, 0.3) is 0 Å². The van der Waals surface area contributed by atoms with E-state index in [2.05, 4.69) is 39.1 Å². The Bertz CT molecular complexity index is 416. The van der Waals surface area contributed by atoms with E-state index in [9.17, 15) is 0 Å². The fraction of sp³-hybridized carbons (Fsp3) is 0.375. The molecule has 0 aromatic heterocycles. The molecule has 0 fully saturated rings. The van der Waals surface area contributed by atoms with Crippen LogP contribution >= 0.6 is 0 Å². The van der Waals surface area contributed by atoms with Crippen LogP contribution in [0, 0.1) is 0 Å². The first-order valence-corrected chi connectivity index (χ1v) is 6.10. The van der Waals surface area contributed by atoms with Crippen LogP contribution in [0.4, 0.5) is 0 Å². The van der Waals surface area contributed by atoms with Gasteiger partial charge in [0.2, 0.25) is 0 Å². The van der Waals surface area contributed by atoms with Crippen molar-refractivity contribution >= 4 is 11.1 Å². The lowest BCUT2D eigenvalue weighted by Gasteiger charge is -2.16. The zero-order valence-corrected chi connectivity index (χ0v) is 11.4. The average Bonchev–Trinajstić information content (AvgIpc) is 2.35. The molecular weight excluding hydrogens is 208 g/mol. The highest BCUT2D eigenvalue weighted by Crippen LogP contribution is 2.33. The van der Waals surface area contributed by atoms with Crippen molar-refractivity contribution in [3.05, 3.63) is 42.0 Å². The molecule has 1 aromatic carbocycles. The van der Waals surface area contributed by atoms with Crippen LogP contribution in [0.3, 0.4) is 0 Å². The quantitative estimate of drug-likeness (QED) is 0.711. The Morgan fingerprint density at radius 2 is 1.88 bits per heavy atom. The summed E-state index contributed by atoms with van der Waals surface area (Å²) >= 11 is 0. The molecule has 17 heavy (non-hydrogen) atoms. The van der Waals surface area contributed by atoms with Gasteiger partial charge in [-0.2, -0.15) is 0 Å². The van der Waals surface area contributed by atoms with Crippen LogP contribution in [0.25, 0.3) is 11.1 Å². The first kappa shape index (κ1) is 13.6. The van der Waals surface area contributed by atoms with E-state index in [1.165, 1.54) is 11.1 Å². The molecule has 0 heterocycles. The van der Waals surface area contributed by atoms with Gasteiger partial charge >= 0.3 is 0 Å². The first-order valence-electron chi connectivity index (χ1n) is 6.10. The second-order valence-electron chi connectivity index (χ2n) is 4.30. The lowest BCUT2D eigenvalue weighted by atomic mass is 9.93. The first-order chi connectivity index (χ1) is 8.04. The van der Waals surface area contributed by atoms with E-state index in [1.54, 1.807) is 7.11 Å². The van der Waals surface area contributed by atoms with Gasteiger partial charge in [0, 0.05) is 5.56 Å². The number of hydrogen-bond donors (Lipinski definition) is 0. The van der Waals surface area contributed by atoms with Crippen molar-refractivity contribution in [1.82, 2.24) is 0 Å². The van der Waals surface area contributed by atoms with Crippen molar-refractivity contribution in [2.45, 2.75) is 33.6 Å². The molecule has 0 spiro atoms. The van der Waals surface area contributed by atoms with Gasteiger partial charge in [-0.25, -0.2) is 0 Å². The summed E-state index contributed by atoms with van der Waals surface area (Å²) in [5.74, 6) is 0.904. The zero-order chi connectivity index (χ0) is 13.0. The van der Waals surface area contributed by atoms with Crippen LogP contribution in [-0.4, -0.2) is 7.11 Å². The van der Waals surface area contributed by atoms with E-state index in [1.807, 2.05) is 6.92 Å². The van der Waals surface area contributed by atoms with E-state index in [0.717, 1.165) is 35.3 Å². The summed E-state index contributed by atoms with van der Waals surface area (Å²) in [6.07, 6.45) is 1.93. The van der Waals surface area contributed by atoms with Crippen molar-refractivity contribution in [2.75, 3.05) is 7.11 Å². The van der Waals surface area contributed by atoms with Gasteiger partial charge in [0.15, 0.2) is 0 Å². The van der Waals surface area contributed by atoms with Crippen molar-refractivity contribution in [1.29, 1.82) is 0 Å². The van der Waals surface area contributed by atoms with Crippen LogP contribution in [0.1, 0.15) is 43.9 Å². The molecule has 0 N–H and O–H groups in total. The molecule has 1 rings (SSSR count). The number of aryl methyl sites for hydroxylation is 1. The van der Waals surface area contributed by atoms with Crippen molar-refractivity contribution in [3.8, 4) is 5.75 Å². The molecule has 0 unspecified atom stereocenters. The number of methoxy groups -OCH3 is 1. The van der Waals surface area contributed by atoms with Crippen LogP contribution in [-0.2, 0) is 6.42 Å². The molecule has 0 amide bonds. The van der Waals surface area contributed by atoms with Crippen molar-refractivity contribution in [2.24, 2.45) is 0 Å². The average molecular weight is 230 g/mol. The Morgan fingerprint density at radius 3 is 2.29 bits per heavy atom. The summed E-state index contributed by atoms with van der Waals surface area (Å²) in [4.78, 5) is 0. The Kier molecular flexibility index (Phi) is 4.56. The third-order valence-corrected chi connectivity index (χ3v) is 3.05. The molecule has 0 aliphatic heterocycles. The second-order valence-corrected chi connectivity index (χ2v) is 4.30. The monoisotopic (exact) mass is 230 g/mol. The SMILES string of the molecule is C=C(CC)c1cc(CC)c(C(=C)C)c(OC)c1. The molecule has 1 aromatic rings. The molecule has 0 saturated heterocycles. The van der Waals surface area contributed by atoms with Gasteiger partial charge in [-0.3, -0.25) is 0 Å². The number of ether oxygens (including phenoxy) is 1.